The number of amides is 2. The SMILES string of the molecule is CC(C)CNC(=O)CNC(=O)c1cc(NN)ccn1. The molecule has 0 radical (unpaired) electrons. The maximum atomic E-state index is 11.7. The zero-order valence-electron chi connectivity index (χ0n) is 11.1. The Kier molecular flexibility index (Phi) is 5.74. The lowest BCUT2D eigenvalue weighted by Crippen LogP contribution is -2.38. The number of carbonyl (C=O) groups excluding carboxylic acids is 2. The van der Waals surface area contributed by atoms with Crippen molar-refractivity contribution in [3.05, 3.63) is 24.0 Å². The molecule has 0 atom stereocenters. The first-order chi connectivity index (χ1) is 9.02. The summed E-state index contributed by atoms with van der Waals surface area (Å²) in [5.74, 6) is 4.96. The predicted molar refractivity (Wildman–Crippen MR) is 72.2 cm³/mol. The van der Waals surface area contributed by atoms with Crippen LogP contribution in [0.4, 0.5) is 5.69 Å². The van der Waals surface area contributed by atoms with Crippen molar-refractivity contribution < 1.29 is 9.59 Å². The molecule has 0 aliphatic rings. The highest BCUT2D eigenvalue weighted by Crippen LogP contribution is 2.05. The smallest absolute Gasteiger partial charge is 0.270 e. The summed E-state index contributed by atoms with van der Waals surface area (Å²) in [5, 5.41) is 5.20. The molecule has 1 heterocycles. The molecule has 0 bridgehead atoms. The Hall–Kier alpha value is -2.15. The summed E-state index contributed by atoms with van der Waals surface area (Å²) in [6.45, 7) is 4.50. The maximum absolute atomic E-state index is 11.7. The number of hydrogen-bond acceptors (Lipinski definition) is 5. The van der Waals surface area contributed by atoms with Crippen molar-refractivity contribution in [2.45, 2.75) is 13.8 Å². The van der Waals surface area contributed by atoms with Crippen LogP contribution in [0.3, 0.4) is 0 Å². The second-order valence-electron chi connectivity index (χ2n) is 4.45. The third-order valence-electron chi connectivity index (χ3n) is 2.28. The minimum atomic E-state index is -0.420. The predicted octanol–water partition coefficient (Wildman–Crippen LogP) is -0.131. The molecule has 0 spiro atoms. The van der Waals surface area contributed by atoms with E-state index in [1.165, 1.54) is 12.3 Å². The van der Waals surface area contributed by atoms with Gasteiger partial charge in [-0.1, -0.05) is 13.8 Å². The molecule has 1 aromatic rings. The number of nitrogen functional groups attached to an aromatic ring is 1. The summed E-state index contributed by atoms with van der Waals surface area (Å²) in [5.41, 5.74) is 3.20. The molecule has 0 aliphatic heterocycles. The third-order valence-corrected chi connectivity index (χ3v) is 2.28. The number of hydrazine groups is 1. The fourth-order valence-corrected chi connectivity index (χ4v) is 1.28. The lowest BCUT2D eigenvalue weighted by Gasteiger charge is -2.08. The van der Waals surface area contributed by atoms with E-state index >= 15 is 0 Å². The van der Waals surface area contributed by atoms with E-state index in [0.29, 0.717) is 18.2 Å². The van der Waals surface area contributed by atoms with Crippen LogP contribution in [0.15, 0.2) is 18.3 Å². The molecule has 0 aromatic carbocycles. The van der Waals surface area contributed by atoms with Crippen LogP contribution < -0.4 is 21.9 Å². The largest absolute Gasteiger partial charge is 0.354 e. The van der Waals surface area contributed by atoms with Gasteiger partial charge in [-0.2, -0.15) is 0 Å². The van der Waals surface area contributed by atoms with Crippen LogP contribution in [0.5, 0.6) is 0 Å². The number of pyridine rings is 1. The molecule has 5 N–H and O–H groups in total. The van der Waals surface area contributed by atoms with Crippen molar-refractivity contribution >= 4 is 17.5 Å². The van der Waals surface area contributed by atoms with Gasteiger partial charge in [0.15, 0.2) is 0 Å². The van der Waals surface area contributed by atoms with Crippen LogP contribution >= 0.6 is 0 Å². The molecule has 0 aliphatic carbocycles. The number of rotatable bonds is 6. The topological polar surface area (TPSA) is 109 Å². The van der Waals surface area contributed by atoms with Gasteiger partial charge in [0.25, 0.3) is 5.91 Å². The Morgan fingerprint density at radius 1 is 1.37 bits per heavy atom. The van der Waals surface area contributed by atoms with E-state index < -0.39 is 5.91 Å². The molecule has 19 heavy (non-hydrogen) atoms. The van der Waals surface area contributed by atoms with Gasteiger partial charge in [-0.25, -0.2) is 0 Å². The van der Waals surface area contributed by atoms with E-state index in [1.54, 1.807) is 6.07 Å². The normalized spacial score (nSPS) is 10.1. The van der Waals surface area contributed by atoms with Crippen molar-refractivity contribution in [1.82, 2.24) is 15.6 Å². The first-order valence-corrected chi connectivity index (χ1v) is 6.00. The van der Waals surface area contributed by atoms with Crippen LogP contribution in [0.1, 0.15) is 24.3 Å². The fraction of sp³-hybridized carbons (Fsp3) is 0.417. The molecule has 7 nitrogen and oxygen atoms in total. The summed E-state index contributed by atoms with van der Waals surface area (Å²) < 4.78 is 0. The van der Waals surface area contributed by atoms with E-state index in [4.69, 9.17) is 5.84 Å². The number of nitrogens with one attached hydrogen (secondary N) is 3. The van der Waals surface area contributed by atoms with Gasteiger partial charge < -0.3 is 16.1 Å². The fourth-order valence-electron chi connectivity index (χ4n) is 1.28. The molecule has 7 heteroatoms. The van der Waals surface area contributed by atoms with Crippen molar-refractivity contribution in [2.75, 3.05) is 18.5 Å². The van der Waals surface area contributed by atoms with Crippen LogP contribution in [0.2, 0.25) is 0 Å². The van der Waals surface area contributed by atoms with E-state index in [9.17, 15) is 9.59 Å². The zero-order chi connectivity index (χ0) is 14.3. The monoisotopic (exact) mass is 265 g/mol. The van der Waals surface area contributed by atoms with Gasteiger partial charge in [0, 0.05) is 12.7 Å². The number of anilines is 1. The van der Waals surface area contributed by atoms with Gasteiger partial charge in [-0.15, -0.1) is 0 Å². The van der Waals surface area contributed by atoms with Crippen LogP contribution in [0.25, 0.3) is 0 Å². The number of hydrogen-bond donors (Lipinski definition) is 4. The summed E-state index contributed by atoms with van der Waals surface area (Å²) in [6.07, 6.45) is 1.46. The first-order valence-electron chi connectivity index (χ1n) is 6.00. The molecule has 0 saturated heterocycles. The molecule has 1 aromatic heterocycles. The van der Waals surface area contributed by atoms with Crippen molar-refractivity contribution in [3.8, 4) is 0 Å². The minimum Gasteiger partial charge on any atom is -0.354 e. The highest BCUT2D eigenvalue weighted by Gasteiger charge is 2.09. The zero-order valence-corrected chi connectivity index (χ0v) is 11.1. The molecule has 0 saturated carbocycles. The molecule has 0 fully saturated rings. The van der Waals surface area contributed by atoms with Gasteiger partial charge in [-0.05, 0) is 18.1 Å². The van der Waals surface area contributed by atoms with Crippen LogP contribution in [-0.4, -0.2) is 29.9 Å². The van der Waals surface area contributed by atoms with E-state index in [0.717, 1.165) is 0 Å². The molecular formula is C12H19N5O2. The summed E-state index contributed by atoms with van der Waals surface area (Å²) in [6, 6.07) is 3.13. The Morgan fingerprint density at radius 2 is 2.11 bits per heavy atom. The lowest BCUT2D eigenvalue weighted by atomic mass is 10.2. The van der Waals surface area contributed by atoms with Gasteiger partial charge in [0.05, 0.1) is 12.2 Å². The Bertz CT molecular complexity index is 448. The lowest BCUT2D eigenvalue weighted by molar-refractivity contribution is -0.120. The molecule has 0 unspecified atom stereocenters. The third kappa shape index (κ3) is 5.35. The van der Waals surface area contributed by atoms with Gasteiger partial charge in [0.1, 0.15) is 5.69 Å². The average molecular weight is 265 g/mol. The van der Waals surface area contributed by atoms with Gasteiger partial charge >= 0.3 is 0 Å². The van der Waals surface area contributed by atoms with E-state index in [1.807, 2.05) is 13.8 Å². The summed E-state index contributed by atoms with van der Waals surface area (Å²) in [4.78, 5) is 27.1. The first kappa shape index (κ1) is 14.9. The highest BCUT2D eigenvalue weighted by atomic mass is 16.2. The molecule has 2 amide bonds. The Balaban J connectivity index is 2.44. The molecule has 104 valence electrons. The Labute approximate surface area is 111 Å². The molecular weight excluding hydrogens is 246 g/mol. The van der Waals surface area contributed by atoms with Gasteiger partial charge in [-0.3, -0.25) is 20.4 Å². The minimum absolute atomic E-state index is 0.0759. The summed E-state index contributed by atoms with van der Waals surface area (Å²) >= 11 is 0. The average Bonchev–Trinajstić information content (AvgIpc) is 2.42. The summed E-state index contributed by atoms with van der Waals surface area (Å²) in [7, 11) is 0. The van der Waals surface area contributed by atoms with Crippen molar-refractivity contribution in [2.24, 2.45) is 11.8 Å². The number of nitrogens with two attached hydrogens (primary N) is 1. The standard InChI is InChI=1S/C12H19N5O2/c1-8(2)6-15-11(18)7-16-12(19)10-5-9(17-13)3-4-14-10/h3-5,8H,6-7,13H2,1-2H3,(H,14,17)(H,15,18)(H,16,19). The van der Waals surface area contributed by atoms with Crippen LogP contribution in [0, 0.1) is 5.92 Å². The maximum Gasteiger partial charge on any atom is 0.270 e. The van der Waals surface area contributed by atoms with Crippen molar-refractivity contribution in [3.63, 3.8) is 0 Å². The highest BCUT2D eigenvalue weighted by molar-refractivity contribution is 5.95. The second kappa shape index (κ2) is 7.32. The second-order valence-corrected chi connectivity index (χ2v) is 4.45. The number of aromatic nitrogens is 1. The van der Waals surface area contributed by atoms with Crippen LogP contribution in [-0.2, 0) is 4.79 Å². The van der Waals surface area contributed by atoms with E-state index in [2.05, 4.69) is 21.0 Å². The number of nitrogens with zero attached hydrogens (tertiary/aromatic N) is 1. The molecule has 1 rings (SSSR count). The quantitative estimate of drug-likeness (QED) is 0.423. The van der Waals surface area contributed by atoms with Gasteiger partial charge in [0.2, 0.25) is 5.91 Å². The number of carbonyl (C=O) groups is 2. The van der Waals surface area contributed by atoms with Crippen molar-refractivity contribution in [1.29, 1.82) is 0 Å². The van der Waals surface area contributed by atoms with E-state index in [-0.39, 0.29) is 18.1 Å². The Morgan fingerprint density at radius 3 is 2.74 bits per heavy atom.